The summed E-state index contributed by atoms with van der Waals surface area (Å²) in [6.07, 6.45) is 5.22. The number of nitrogens with zero attached hydrogens (tertiary/aromatic N) is 2. The predicted molar refractivity (Wildman–Crippen MR) is 126 cm³/mol. The minimum Gasteiger partial charge on any atom is -0.496 e. The summed E-state index contributed by atoms with van der Waals surface area (Å²) in [6.45, 7) is 7.35. The molecule has 0 bridgehead atoms. The van der Waals surface area contributed by atoms with Crippen molar-refractivity contribution in [3.8, 4) is 16.9 Å². The molecule has 160 valence electrons. The first-order valence-electron chi connectivity index (χ1n) is 10.8. The number of hydrogen-bond acceptors (Lipinski definition) is 5. The van der Waals surface area contributed by atoms with Crippen molar-refractivity contribution in [1.82, 2.24) is 14.8 Å². The van der Waals surface area contributed by atoms with Crippen molar-refractivity contribution in [2.24, 2.45) is 7.05 Å². The SMILES string of the molecule is CCCc1ccc(-c2cn(C)c(=O)c3cc(CN4CCCNCC4)sc23)cc1OC. The molecule has 0 radical (unpaired) electrons. The molecule has 0 aliphatic carbocycles. The Morgan fingerprint density at radius 1 is 1.20 bits per heavy atom. The number of thiophene rings is 1. The van der Waals surface area contributed by atoms with Gasteiger partial charge < -0.3 is 14.6 Å². The summed E-state index contributed by atoms with van der Waals surface area (Å²) in [5, 5.41) is 4.28. The van der Waals surface area contributed by atoms with Crippen LogP contribution in [0, 0.1) is 0 Å². The molecule has 30 heavy (non-hydrogen) atoms. The fraction of sp³-hybridized carbons (Fsp3) is 0.458. The minimum absolute atomic E-state index is 0.0725. The average molecular weight is 426 g/mol. The second-order valence-corrected chi connectivity index (χ2v) is 9.21. The first-order valence-corrected chi connectivity index (χ1v) is 11.6. The summed E-state index contributed by atoms with van der Waals surface area (Å²) in [5.41, 5.74) is 3.50. The van der Waals surface area contributed by atoms with E-state index >= 15 is 0 Å². The van der Waals surface area contributed by atoms with Crippen LogP contribution in [0.3, 0.4) is 0 Å². The average Bonchev–Trinajstić information content (AvgIpc) is 3.00. The Balaban J connectivity index is 1.75. The second-order valence-electron chi connectivity index (χ2n) is 8.07. The summed E-state index contributed by atoms with van der Waals surface area (Å²) in [6, 6.07) is 8.54. The van der Waals surface area contributed by atoms with Crippen LogP contribution >= 0.6 is 11.3 Å². The number of rotatable bonds is 6. The normalized spacial score (nSPS) is 15.4. The highest BCUT2D eigenvalue weighted by Crippen LogP contribution is 2.36. The van der Waals surface area contributed by atoms with Crippen LogP contribution in [0.15, 0.2) is 35.3 Å². The van der Waals surface area contributed by atoms with E-state index in [4.69, 9.17) is 4.74 Å². The zero-order valence-corrected chi connectivity index (χ0v) is 19.0. The Morgan fingerprint density at radius 2 is 2.07 bits per heavy atom. The molecular weight excluding hydrogens is 394 g/mol. The second kappa shape index (κ2) is 9.33. The third kappa shape index (κ3) is 4.31. The highest BCUT2D eigenvalue weighted by Gasteiger charge is 2.17. The van der Waals surface area contributed by atoms with Gasteiger partial charge in [0.15, 0.2) is 0 Å². The van der Waals surface area contributed by atoms with E-state index in [0.717, 1.165) is 72.5 Å². The lowest BCUT2D eigenvalue weighted by Crippen LogP contribution is -2.27. The zero-order valence-electron chi connectivity index (χ0n) is 18.2. The van der Waals surface area contributed by atoms with Gasteiger partial charge in [-0.3, -0.25) is 9.69 Å². The van der Waals surface area contributed by atoms with Gasteiger partial charge in [0, 0.05) is 48.0 Å². The number of benzene rings is 1. The number of aromatic nitrogens is 1. The highest BCUT2D eigenvalue weighted by molar-refractivity contribution is 7.19. The molecule has 0 amide bonds. The third-order valence-electron chi connectivity index (χ3n) is 5.83. The molecule has 3 aromatic rings. The third-order valence-corrected chi connectivity index (χ3v) is 6.98. The highest BCUT2D eigenvalue weighted by atomic mass is 32.1. The topological polar surface area (TPSA) is 46.5 Å². The number of fused-ring (bicyclic) bond motifs is 1. The fourth-order valence-corrected chi connectivity index (χ4v) is 5.48. The number of ether oxygens (including phenoxy) is 1. The Hall–Kier alpha value is -2.15. The van der Waals surface area contributed by atoms with Gasteiger partial charge in [0.25, 0.3) is 5.56 Å². The molecule has 1 saturated heterocycles. The Morgan fingerprint density at radius 3 is 2.87 bits per heavy atom. The van der Waals surface area contributed by atoms with E-state index in [9.17, 15) is 4.79 Å². The quantitative estimate of drug-likeness (QED) is 0.648. The van der Waals surface area contributed by atoms with Crippen molar-refractivity contribution < 1.29 is 4.74 Å². The maximum absolute atomic E-state index is 12.9. The van der Waals surface area contributed by atoms with E-state index in [-0.39, 0.29) is 5.56 Å². The molecule has 1 N–H and O–H groups in total. The van der Waals surface area contributed by atoms with Gasteiger partial charge in [-0.2, -0.15) is 0 Å². The van der Waals surface area contributed by atoms with E-state index in [1.807, 2.05) is 13.2 Å². The number of hydrogen-bond donors (Lipinski definition) is 1. The van der Waals surface area contributed by atoms with Crippen LogP contribution in [0.4, 0.5) is 0 Å². The van der Waals surface area contributed by atoms with E-state index < -0.39 is 0 Å². The molecule has 5 nitrogen and oxygen atoms in total. The molecule has 2 aromatic heterocycles. The maximum atomic E-state index is 12.9. The van der Waals surface area contributed by atoms with E-state index in [1.165, 1.54) is 16.9 Å². The number of pyridine rings is 1. The van der Waals surface area contributed by atoms with Crippen molar-refractivity contribution in [1.29, 1.82) is 0 Å². The summed E-state index contributed by atoms with van der Waals surface area (Å²) < 4.78 is 8.45. The lowest BCUT2D eigenvalue weighted by Gasteiger charge is -2.17. The van der Waals surface area contributed by atoms with Crippen LogP contribution in [-0.4, -0.2) is 42.8 Å². The lowest BCUT2D eigenvalue weighted by atomic mass is 10.0. The molecule has 4 rings (SSSR count). The molecule has 1 fully saturated rings. The number of nitrogens with one attached hydrogen (secondary N) is 1. The van der Waals surface area contributed by atoms with Crippen molar-refractivity contribution in [2.45, 2.75) is 32.7 Å². The Kier molecular flexibility index (Phi) is 6.56. The van der Waals surface area contributed by atoms with Crippen LogP contribution in [-0.2, 0) is 20.0 Å². The predicted octanol–water partition coefficient (Wildman–Crippen LogP) is 4.02. The Labute approximate surface area is 182 Å². The molecule has 6 heteroatoms. The molecule has 0 spiro atoms. The van der Waals surface area contributed by atoms with Crippen molar-refractivity contribution >= 4 is 21.4 Å². The monoisotopic (exact) mass is 425 g/mol. The summed E-state index contributed by atoms with van der Waals surface area (Å²) in [7, 11) is 3.57. The van der Waals surface area contributed by atoms with Gasteiger partial charge >= 0.3 is 0 Å². The largest absolute Gasteiger partial charge is 0.496 e. The summed E-state index contributed by atoms with van der Waals surface area (Å²) in [4.78, 5) is 16.6. The van der Waals surface area contributed by atoms with Crippen LogP contribution in [0.25, 0.3) is 21.2 Å². The van der Waals surface area contributed by atoms with Crippen LogP contribution < -0.4 is 15.6 Å². The first kappa shape index (κ1) is 21.1. The zero-order chi connectivity index (χ0) is 21.1. The summed E-state index contributed by atoms with van der Waals surface area (Å²) in [5.74, 6) is 0.921. The molecule has 1 aliphatic rings. The number of methoxy groups -OCH3 is 1. The molecule has 0 atom stereocenters. The van der Waals surface area contributed by atoms with Gasteiger partial charge in [-0.05, 0) is 49.2 Å². The fourth-order valence-electron chi connectivity index (χ4n) is 4.25. The van der Waals surface area contributed by atoms with Crippen LogP contribution in [0.1, 0.15) is 30.2 Å². The molecule has 1 aromatic carbocycles. The standard InChI is InChI=1S/C24H31N3O2S/c1-4-6-17-7-8-18(13-22(17)29-3)21-16-26(2)24(28)20-14-19(30-23(20)21)15-27-11-5-9-25-10-12-27/h7-8,13-14,16,25H,4-6,9-12,15H2,1-3H3. The van der Waals surface area contributed by atoms with Crippen molar-refractivity contribution in [2.75, 3.05) is 33.3 Å². The van der Waals surface area contributed by atoms with Crippen LogP contribution in [0.5, 0.6) is 5.75 Å². The van der Waals surface area contributed by atoms with Crippen molar-refractivity contribution in [3.05, 3.63) is 51.3 Å². The van der Waals surface area contributed by atoms with Gasteiger partial charge in [0.1, 0.15) is 5.75 Å². The molecule has 0 unspecified atom stereocenters. The van der Waals surface area contributed by atoms with E-state index in [1.54, 1.807) is 23.0 Å². The molecular formula is C24H31N3O2S. The maximum Gasteiger partial charge on any atom is 0.259 e. The van der Waals surface area contributed by atoms with Gasteiger partial charge in [-0.25, -0.2) is 0 Å². The van der Waals surface area contributed by atoms with E-state index in [0.29, 0.717) is 0 Å². The summed E-state index contributed by atoms with van der Waals surface area (Å²) >= 11 is 1.75. The van der Waals surface area contributed by atoms with Gasteiger partial charge in [0.05, 0.1) is 12.5 Å². The van der Waals surface area contributed by atoms with Gasteiger partial charge in [-0.15, -0.1) is 11.3 Å². The number of aryl methyl sites for hydroxylation is 2. The van der Waals surface area contributed by atoms with Gasteiger partial charge in [0.2, 0.25) is 0 Å². The van der Waals surface area contributed by atoms with Crippen molar-refractivity contribution in [3.63, 3.8) is 0 Å². The first-order chi connectivity index (χ1) is 14.6. The molecule has 3 heterocycles. The molecule has 0 saturated carbocycles. The smallest absolute Gasteiger partial charge is 0.259 e. The molecule has 1 aliphatic heterocycles. The lowest BCUT2D eigenvalue weighted by molar-refractivity contribution is 0.287. The Bertz CT molecular complexity index is 1080. The van der Waals surface area contributed by atoms with E-state index in [2.05, 4.69) is 41.4 Å². The van der Waals surface area contributed by atoms with Crippen LogP contribution in [0.2, 0.25) is 0 Å². The minimum atomic E-state index is 0.0725. The van der Waals surface area contributed by atoms with Gasteiger partial charge in [-0.1, -0.05) is 25.5 Å².